The molecule has 130 valence electrons. The second-order valence-corrected chi connectivity index (χ2v) is 6.11. The number of aliphatic imine (C=N–C) groups is 1. The van der Waals surface area contributed by atoms with Gasteiger partial charge in [0, 0.05) is 32.1 Å². The lowest BCUT2D eigenvalue weighted by Crippen LogP contribution is -2.46. The van der Waals surface area contributed by atoms with Gasteiger partial charge in [-0.1, -0.05) is 0 Å². The average Bonchev–Trinajstić information content (AvgIpc) is 2.99. The lowest BCUT2D eigenvalue weighted by Gasteiger charge is -2.33. The molecule has 0 spiro atoms. The Morgan fingerprint density at radius 3 is 2.70 bits per heavy atom. The van der Waals surface area contributed by atoms with E-state index in [1.807, 2.05) is 6.92 Å². The van der Waals surface area contributed by atoms with Crippen molar-refractivity contribution in [1.29, 1.82) is 0 Å². The number of hydrogen-bond acceptors (Lipinski definition) is 4. The molecular formula is C14H21F3N4OS. The number of hydrogen-bond donors (Lipinski definition) is 1. The molecule has 0 amide bonds. The van der Waals surface area contributed by atoms with Crippen molar-refractivity contribution < 1.29 is 17.9 Å². The first kappa shape index (κ1) is 18.0. The standard InChI is InChI=1S/C14H21F3N4OS/c1-3-22-10-4-6-21(7-5-10)13(18-2)19-8-12-20-11(9-23-12)14(15,16)17/h9-10H,3-8H2,1-2H3,(H,18,19). The van der Waals surface area contributed by atoms with Crippen LogP contribution in [-0.4, -0.2) is 48.7 Å². The van der Waals surface area contributed by atoms with Gasteiger partial charge in [-0.2, -0.15) is 13.2 Å². The SMILES string of the molecule is CCOC1CCN(C(=NC)NCc2nc(C(F)(F)F)cs2)CC1. The van der Waals surface area contributed by atoms with E-state index in [0.717, 1.165) is 42.6 Å². The van der Waals surface area contributed by atoms with E-state index in [4.69, 9.17) is 4.74 Å². The second kappa shape index (κ2) is 7.96. The zero-order chi connectivity index (χ0) is 16.9. The molecule has 0 aliphatic carbocycles. The van der Waals surface area contributed by atoms with Gasteiger partial charge in [-0.05, 0) is 19.8 Å². The van der Waals surface area contributed by atoms with Gasteiger partial charge in [-0.3, -0.25) is 4.99 Å². The Kier molecular flexibility index (Phi) is 6.23. The van der Waals surface area contributed by atoms with Crippen molar-refractivity contribution in [3.8, 4) is 0 Å². The predicted molar refractivity (Wildman–Crippen MR) is 83.5 cm³/mol. The van der Waals surface area contributed by atoms with Crippen LogP contribution in [0.3, 0.4) is 0 Å². The number of aromatic nitrogens is 1. The van der Waals surface area contributed by atoms with Crippen LogP contribution in [-0.2, 0) is 17.5 Å². The summed E-state index contributed by atoms with van der Waals surface area (Å²) in [5, 5.41) is 4.51. The Morgan fingerprint density at radius 2 is 2.17 bits per heavy atom. The van der Waals surface area contributed by atoms with E-state index < -0.39 is 11.9 Å². The molecule has 1 N–H and O–H groups in total. The molecule has 2 rings (SSSR count). The highest BCUT2D eigenvalue weighted by atomic mass is 32.1. The van der Waals surface area contributed by atoms with E-state index in [9.17, 15) is 13.2 Å². The van der Waals surface area contributed by atoms with Crippen LogP contribution in [0, 0.1) is 0 Å². The Balaban J connectivity index is 1.85. The van der Waals surface area contributed by atoms with Gasteiger partial charge < -0.3 is 15.0 Å². The summed E-state index contributed by atoms with van der Waals surface area (Å²) in [6, 6.07) is 0. The molecule has 0 saturated carbocycles. The van der Waals surface area contributed by atoms with Gasteiger partial charge in [0.05, 0.1) is 12.6 Å². The molecule has 1 saturated heterocycles. The Morgan fingerprint density at radius 1 is 1.48 bits per heavy atom. The van der Waals surface area contributed by atoms with Crippen molar-refractivity contribution in [1.82, 2.24) is 15.2 Å². The number of thiazole rings is 1. The highest BCUT2D eigenvalue weighted by Crippen LogP contribution is 2.29. The number of ether oxygens (including phenoxy) is 1. The Hall–Kier alpha value is -1.35. The summed E-state index contributed by atoms with van der Waals surface area (Å²) >= 11 is 0.995. The van der Waals surface area contributed by atoms with Gasteiger partial charge in [-0.15, -0.1) is 11.3 Å². The fourth-order valence-corrected chi connectivity index (χ4v) is 3.22. The topological polar surface area (TPSA) is 49.8 Å². The minimum Gasteiger partial charge on any atom is -0.378 e. The van der Waals surface area contributed by atoms with Crippen LogP contribution >= 0.6 is 11.3 Å². The summed E-state index contributed by atoms with van der Waals surface area (Å²) in [7, 11) is 1.67. The maximum atomic E-state index is 12.5. The molecule has 0 radical (unpaired) electrons. The van der Waals surface area contributed by atoms with Crippen molar-refractivity contribution in [3.63, 3.8) is 0 Å². The number of likely N-dealkylation sites (tertiary alicyclic amines) is 1. The van der Waals surface area contributed by atoms with Crippen molar-refractivity contribution in [2.75, 3.05) is 26.7 Å². The summed E-state index contributed by atoms with van der Waals surface area (Å²) in [5.41, 5.74) is -0.841. The van der Waals surface area contributed by atoms with Crippen LogP contribution in [0.1, 0.15) is 30.5 Å². The van der Waals surface area contributed by atoms with E-state index in [1.165, 1.54) is 0 Å². The minimum absolute atomic E-state index is 0.235. The van der Waals surface area contributed by atoms with Crippen molar-refractivity contribution in [2.45, 2.75) is 38.6 Å². The molecule has 9 heteroatoms. The smallest absolute Gasteiger partial charge is 0.378 e. The monoisotopic (exact) mass is 350 g/mol. The minimum atomic E-state index is -4.39. The number of alkyl halides is 3. The molecule has 0 unspecified atom stereocenters. The van der Waals surface area contributed by atoms with Crippen molar-refractivity contribution >= 4 is 17.3 Å². The Labute approximate surface area is 137 Å². The highest BCUT2D eigenvalue weighted by molar-refractivity contribution is 7.09. The normalized spacial score (nSPS) is 17.6. The third-order valence-corrected chi connectivity index (χ3v) is 4.44. The summed E-state index contributed by atoms with van der Waals surface area (Å²) in [6.07, 6.45) is -2.27. The molecule has 0 bridgehead atoms. The molecule has 1 aromatic rings. The molecule has 23 heavy (non-hydrogen) atoms. The molecule has 0 atom stereocenters. The van der Waals surface area contributed by atoms with E-state index >= 15 is 0 Å². The highest BCUT2D eigenvalue weighted by Gasteiger charge is 2.33. The summed E-state index contributed by atoms with van der Waals surface area (Å²) in [5.74, 6) is 0.684. The first-order valence-electron chi connectivity index (χ1n) is 7.52. The molecule has 1 aliphatic heterocycles. The second-order valence-electron chi connectivity index (χ2n) is 5.17. The zero-order valence-electron chi connectivity index (χ0n) is 13.2. The first-order valence-corrected chi connectivity index (χ1v) is 8.40. The molecule has 5 nitrogen and oxygen atoms in total. The quantitative estimate of drug-likeness (QED) is 0.670. The van der Waals surface area contributed by atoms with Gasteiger partial charge in [0.1, 0.15) is 5.01 Å². The summed E-state index contributed by atoms with van der Waals surface area (Å²) in [4.78, 5) is 9.90. The molecule has 1 aromatic heterocycles. The number of piperidine rings is 1. The van der Waals surface area contributed by atoms with Crippen molar-refractivity contribution in [2.24, 2.45) is 4.99 Å². The van der Waals surface area contributed by atoms with Crippen LogP contribution < -0.4 is 5.32 Å². The lowest BCUT2D eigenvalue weighted by atomic mass is 10.1. The molecule has 2 heterocycles. The number of guanidine groups is 1. The van der Waals surface area contributed by atoms with Gasteiger partial charge >= 0.3 is 6.18 Å². The predicted octanol–water partition coefficient (Wildman–Crippen LogP) is 2.74. The molecular weight excluding hydrogens is 329 g/mol. The third-order valence-electron chi connectivity index (χ3n) is 3.60. The van der Waals surface area contributed by atoms with Crippen molar-refractivity contribution in [3.05, 3.63) is 16.1 Å². The molecule has 1 aliphatic rings. The number of nitrogens with zero attached hydrogens (tertiary/aromatic N) is 3. The van der Waals surface area contributed by atoms with Crippen LogP contribution in [0.5, 0.6) is 0 Å². The average molecular weight is 350 g/mol. The van der Waals surface area contributed by atoms with Crippen LogP contribution in [0.2, 0.25) is 0 Å². The van der Waals surface area contributed by atoms with Crippen LogP contribution in [0.15, 0.2) is 10.4 Å². The van der Waals surface area contributed by atoms with Gasteiger partial charge in [-0.25, -0.2) is 4.98 Å². The summed E-state index contributed by atoms with van der Waals surface area (Å²) < 4.78 is 43.2. The third kappa shape index (κ3) is 5.07. The molecule has 0 aromatic carbocycles. The zero-order valence-corrected chi connectivity index (χ0v) is 14.0. The first-order chi connectivity index (χ1) is 10.9. The number of halogens is 3. The number of rotatable bonds is 4. The van der Waals surface area contributed by atoms with Gasteiger partial charge in [0.2, 0.25) is 0 Å². The Bertz CT molecular complexity index is 524. The van der Waals surface area contributed by atoms with E-state index in [-0.39, 0.29) is 12.6 Å². The van der Waals surface area contributed by atoms with E-state index in [2.05, 4.69) is 20.2 Å². The number of nitrogens with one attached hydrogen (secondary N) is 1. The summed E-state index contributed by atoms with van der Waals surface area (Å²) in [6.45, 7) is 4.56. The van der Waals surface area contributed by atoms with E-state index in [1.54, 1.807) is 7.05 Å². The van der Waals surface area contributed by atoms with Gasteiger partial charge in [0.25, 0.3) is 0 Å². The van der Waals surface area contributed by atoms with E-state index in [0.29, 0.717) is 17.6 Å². The van der Waals surface area contributed by atoms with Crippen LogP contribution in [0.4, 0.5) is 13.2 Å². The largest absolute Gasteiger partial charge is 0.434 e. The lowest BCUT2D eigenvalue weighted by molar-refractivity contribution is -0.140. The van der Waals surface area contributed by atoms with Gasteiger partial charge in [0.15, 0.2) is 11.7 Å². The van der Waals surface area contributed by atoms with Crippen LogP contribution in [0.25, 0.3) is 0 Å². The molecule has 1 fully saturated rings. The maximum Gasteiger partial charge on any atom is 0.434 e. The maximum absolute atomic E-state index is 12.5. The fourth-order valence-electron chi connectivity index (χ4n) is 2.48. The fraction of sp³-hybridized carbons (Fsp3) is 0.714.